The summed E-state index contributed by atoms with van der Waals surface area (Å²) in [6.45, 7) is 1.35. The van der Waals surface area contributed by atoms with Crippen molar-refractivity contribution in [2.75, 3.05) is 17.2 Å². The molecule has 1 aromatic heterocycles. The minimum atomic E-state index is -5.02. The lowest BCUT2D eigenvalue weighted by molar-refractivity contribution is -0.142. The summed E-state index contributed by atoms with van der Waals surface area (Å²) in [5.41, 5.74) is 3.24. The second-order valence-electron chi connectivity index (χ2n) is 10.7. The third-order valence-corrected chi connectivity index (χ3v) is 8.72. The largest absolute Gasteiger partial charge is 0.436 e. The van der Waals surface area contributed by atoms with Gasteiger partial charge in [0.1, 0.15) is 11.4 Å². The van der Waals surface area contributed by atoms with Crippen molar-refractivity contribution >= 4 is 33.3 Å². The molecule has 0 fully saturated rings. The summed E-state index contributed by atoms with van der Waals surface area (Å²) >= 11 is 0. The summed E-state index contributed by atoms with van der Waals surface area (Å²) in [6, 6.07) is 14.0. The fourth-order valence-corrected chi connectivity index (χ4v) is 6.02. The summed E-state index contributed by atoms with van der Waals surface area (Å²) in [5, 5.41) is 6.10. The lowest BCUT2D eigenvalue weighted by Crippen LogP contribution is -2.31. The number of nitrogens with one attached hydrogen (secondary N) is 2. The number of fused-ring (bicyclic) bond motifs is 1. The fourth-order valence-electron chi connectivity index (χ4n) is 5.04. The SMILES string of the molecule is CC(NC(=O)c1c(C(F)(F)F)nn2c1N(Cc1cccc(C(F)(F)F)c1)CC2)c1ccc(C(=O)NS(=O)(=O)c2ccc(N)cc2)cc1. The monoisotopic (exact) mass is 680 g/mol. The van der Waals surface area contributed by atoms with Crippen molar-refractivity contribution in [3.8, 4) is 0 Å². The zero-order valence-corrected chi connectivity index (χ0v) is 25.2. The number of hydrogen-bond acceptors (Lipinski definition) is 7. The van der Waals surface area contributed by atoms with Crippen LogP contribution in [0.2, 0.25) is 0 Å². The Morgan fingerprint density at radius 1 is 0.915 bits per heavy atom. The predicted molar refractivity (Wildman–Crippen MR) is 158 cm³/mol. The standard InChI is InChI=1S/C30H26F6N6O4S/c1-17(19-5-7-20(8-6-19)26(43)40-47(45,46)23-11-9-22(37)10-12-23)38-27(44)24-25(30(34,35)36)39-42-14-13-41(28(24)42)16-18-3-2-4-21(15-18)29(31,32)33/h2-12,15,17H,13-14,16,37H2,1H3,(H,38,44)(H,40,43). The summed E-state index contributed by atoms with van der Waals surface area (Å²) in [7, 11) is -4.21. The summed E-state index contributed by atoms with van der Waals surface area (Å²) in [5.74, 6) is -2.26. The molecule has 1 unspecified atom stereocenters. The van der Waals surface area contributed by atoms with E-state index in [1.54, 1.807) is 0 Å². The van der Waals surface area contributed by atoms with E-state index >= 15 is 0 Å². The Morgan fingerprint density at radius 3 is 2.19 bits per heavy atom. The number of nitrogens with zero attached hydrogens (tertiary/aromatic N) is 3. The molecule has 0 saturated heterocycles. The summed E-state index contributed by atoms with van der Waals surface area (Å²) in [6.07, 6.45) is -9.64. The first-order chi connectivity index (χ1) is 21.9. The van der Waals surface area contributed by atoms with Crippen molar-refractivity contribution in [3.05, 3.63) is 106 Å². The Hall–Kier alpha value is -5.06. The van der Waals surface area contributed by atoms with Crippen LogP contribution in [0.15, 0.2) is 77.7 Å². The number of amides is 2. The molecule has 4 N–H and O–H groups in total. The molecular weight excluding hydrogens is 654 g/mol. The van der Waals surface area contributed by atoms with Gasteiger partial charge in [-0.15, -0.1) is 0 Å². The van der Waals surface area contributed by atoms with Crippen molar-refractivity contribution in [2.24, 2.45) is 0 Å². The lowest BCUT2D eigenvalue weighted by Gasteiger charge is -2.21. The van der Waals surface area contributed by atoms with Crippen LogP contribution in [0.1, 0.15) is 56.1 Å². The number of halogens is 6. The maximum atomic E-state index is 14.0. The number of benzene rings is 3. The average molecular weight is 681 g/mol. The summed E-state index contributed by atoms with van der Waals surface area (Å²) in [4.78, 5) is 27.2. The highest BCUT2D eigenvalue weighted by Crippen LogP contribution is 2.39. The van der Waals surface area contributed by atoms with Gasteiger partial charge in [0.25, 0.3) is 21.8 Å². The first kappa shape index (κ1) is 33.3. The minimum absolute atomic E-state index is 0.0300. The second-order valence-corrected chi connectivity index (χ2v) is 12.4. The van der Waals surface area contributed by atoms with E-state index in [1.165, 1.54) is 72.5 Å². The number of carbonyl (C=O) groups excluding carboxylic acids is 2. The van der Waals surface area contributed by atoms with Crippen LogP contribution < -0.4 is 20.7 Å². The maximum Gasteiger partial charge on any atom is 0.436 e. The van der Waals surface area contributed by atoms with E-state index in [4.69, 9.17) is 5.73 Å². The van der Waals surface area contributed by atoms with Gasteiger partial charge in [-0.2, -0.15) is 31.4 Å². The van der Waals surface area contributed by atoms with Crippen molar-refractivity contribution in [2.45, 2.75) is 43.3 Å². The number of alkyl halides is 6. The van der Waals surface area contributed by atoms with Gasteiger partial charge in [0.15, 0.2) is 5.69 Å². The summed E-state index contributed by atoms with van der Waals surface area (Å²) < 4.78 is 110. The normalized spacial score (nSPS) is 14.1. The van der Waals surface area contributed by atoms with Gasteiger partial charge in [0.05, 0.1) is 23.0 Å². The van der Waals surface area contributed by atoms with E-state index in [0.29, 0.717) is 11.3 Å². The molecule has 0 aliphatic carbocycles. The zero-order valence-electron chi connectivity index (χ0n) is 24.4. The maximum absolute atomic E-state index is 14.0. The number of anilines is 2. The Balaban J connectivity index is 1.34. The molecule has 248 valence electrons. The number of aromatic nitrogens is 2. The van der Waals surface area contributed by atoms with Gasteiger partial charge in [-0.25, -0.2) is 17.8 Å². The molecule has 0 saturated carbocycles. The topological polar surface area (TPSA) is 139 Å². The Labute approximate surface area is 264 Å². The van der Waals surface area contributed by atoms with E-state index in [1.807, 2.05) is 4.72 Å². The van der Waals surface area contributed by atoms with E-state index in [-0.39, 0.29) is 41.5 Å². The van der Waals surface area contributed by atoms with Gasteiger partial charge in [-0.3, -0.25) is 9.59 Å². The lowest BCUT2D eigenvalue weighted by atomic mass is 10.0. The number of hydrogen-bond donors (Lipinski definition) is 3. The van der Waals surface area contributed by atoms with Crippen LogP contribution in [-0.4, -0.2) is 36.6 Å². The minimum Gasteiger partial charge on any atom is -0.399 e. The molecule has 2 heterocycles. The Kier molecular flexibility index (Phi) is 8.70. The van der Waals surface area contributed by atoms with Crippen molar-refractivity contribution < 1.29 is 44.3 Å². The first-order valence-corrected chi connectivity index (χ1v) is 15.3. The van der Waals surface area contributed by atoms with Crippen LogP contribution in [-0.2, 0) is 35.5 Å². The Bertz CT molecular complexity index is 1920. The fraction of sp³-hybridized carbons (Fsp3) is 0.233. The molecule has 1 aliphatic rings. The predicted octanol–water partition coefficient (Wildman–Crippen LogP) is 5.13. The molecule has 1 aliphatic heterocycles. The quantitative estimate of drug-likeness (QED) is 0.173. The van der Waals surface area contributed by atoms with Gasteiger partial charge in [-0.05, 0) is 66.6 Å². The highest BCUT2D eigenvalue weighted by atomic mass is 32.2. The molecule has 47 heavy (non-hydrogen) atoms. The van der Waals surface area contributed by atoms with Crippen LogP contribution in [0, 0.1) is 0 Å². The van der Waals surface area contributed by atoms with Crippen molar-refractivity contribution in [1.82, 2.24) is 19.8 Å². The number of carbonyl (C=O) groups is 2. The van der Waals surface area contributed by atoms with Crippen LogP contribution in [0.25, 0.3) is 0 Å². The molecule has 0 bridgehead atoms. The van der Waals surface area contributed by atoms with Gasteiger partial charge < -0.3 is 16.0 Å². The van der Waals surface area contributed by atoms with Gasteiger partial charge in [0.2, 0.25) is 0 Å². The van der Waals surface area contributed by atoms with E-state index in [0.717, 1.165) is 16.8 Å². The highest BCUT2D eigenvalue weighted by molar-refractivity contribution is 7.90. The van der Waals surface area contributed by atoms with E-state index in [9.17, 15) is 44.3 Å². The molecular formula is C30H26F6N6O4S. The smallest absolute Gasteiger partial charge is 0.399 e. The third kappa shape index (κ3) is 7.19. The van der Waals surface area contributed by atoms with Crippen LogP contribution in [0.3, 0.4) is 0 Å². The number of rotatable bonds is 8. The number of nitrogens with two attached hydrogens (primary N) is 1. The zero-order chi connectivity index (χ0) is 34.3. The van der Waals surface area contributed by atoms with Gasteiger partial charge in [0, 0.05) is 24.3 Å². The van der Waals surface area contributed by atoms with Crippen LogP contribution in [0.5, 0.6) is 0 Å². The number of sulfonamides is 1. The van der Waals surface area contributed by atoms with E-state index in [2.05, 4.69) is 10.4 Å². The van der Waals surface area contributed by atoms with Crippen LogP contribution >= 0.6 is 0 Å². The van der Waals surface area contributed by atoms with Gasteiger partial charge >= 0.3 is 12.4 Å². The van der Waals surface area contributed by atoms with Crippen LogP contribution in [0.4, 0.5) is 37.8 Å². The molecule has 0 spiro atoms. The molecule has 0 radical (unpaired) electrons. The van der Waals surface area contributed by atoms with Crippen molar-refractivity contribution in [3.63, 3.8) is 0 Å². The third-order valence-electron chi connectivity index (χ3n) is 7.37. The molecule has 1 atom stereocenters. The van der Waals surface area contributed by atoms with E-state index < -0.39 is 57.1 Å². The average Bonchev–Trinajstić information content (AvgIpc) is 3.57. The number of nitrogen functional groups attached to an aromatic ring is 1. The highest BCUT2D eigenvalue weighted by Gasteiger charge is 2.44. The molecule has 2 amide bonds. The second kappa shape index (κ2) is 12.3. The molecule has 5 rings (SSSR count). The molecule has 10 nitrogen and oxygen atoms in total. The first-order valence-electron chi connectivity index (χ1n) is 13.9. The Morgan fingerprint density at radius 2 is 1.57 bits per heavy atom. The molecule has 4 aromatic rings. The van der Waals surface area contributed by atoms with Crippen molar-refractivity contribution in [1.29, 1.82) is 0 Å². The molecule has 3 aromatic carbocycles. The molecule has 17 heteroatoms. The van der Waals surface area contributed by atoms with Gasteiger partial charge in [-0.1, -0.05) is 24.3 Å².